The highest BCUT2D eigenvalue weighted by atomic mass is 32.1. The third-order valence-electron chi connectivity index (χ3n) is 6.16. The number of nitrogens with zero attached hydrogens (tertiary/aromatic N) is 2. The number of rotatable bonds is 9. The third kappa shape index (κ3) is 7.39. The molecule has 2 saturated heterocycles. The molecule has 0 radical (unpaired) electrons. The summed E-state index contributed by atoms with van der Waals surface area (Å²) in [6, 6.07) is 11.5. The number of cyclic esters (lactones) is 1. The van der Waals surface area contributed by atoms with Crippen molar-refractivity contribution in [3.05, 3.63) is 53.8 Å². The van der Waals surface area contributed by atoms with E-state index in [0.717, 1.165) is 0 Å². The summed E-state index contributed by atoms with van der Waals surface area (Å²) in [4.78, 5) is 43.7. The fraction of sp³-hybridized carbons (Fsp3) is 0.391. The van der Waals surface area contributed by atoms with E-state index in [9.17, 15) is 28.4 Å². The topological polar surface area (TPSA) is 144 Å². The van der Waals surface area contributed by atoms with Crippen LogP contribution in [0.5, 0.6) is 0 Å². The monoisotopic (exact) mass is 586 g/mol. The number of anilines is 3. The molecule has 2 unspecified atom stereocenters. The van der Waals surface area contributed by atoms with E-state index in [1.165, 1.54) is 11.0 Å². The highest BCUT2D eigenvalue weighted by molar-refractivity contribution is 7.80. The SMILES string of the molecule is O=C1O[C@@H](CNC(=S)Nc2ccc(CC(P(O)O)[PH](=O)O)cc2)CN1c1ccc(N2CCOCC2)c(F)c1. The van der Waals surface area contributed by atoms with Gasteiger partial charge in [0.15, 0.2) is 13.5 Å². The van der Waals surface area contributed by atoms with Crippen LogP contribution in [0.15, 0.2) is 42.5 Å². The van der Waals surface area contributed by atoms with Crippen molar-refractivity contribution < 1.29 is 37.9 Å². The zero-order valence-corrected chi connectivity index (χ0v) is 23.0. The second-order valence-corrected chi connectivity index (χ2v) is 12.3. The summed E-state index contributed by atoms with van der Waals surface area (Å²) in [7, 11) is -5.59. The number of morpholine rings is 1. The average molecular weight is 587 g/mol. The minimum atomic E-state index is -3.08. The van der Waals surface area contributed by atoms with Gasteiger partial charge in [-0.2, -0.15) is 0 Å². The van der Waals surface area contributed by atoms with Crippen LogP contribution in [0.1, 0.15) is 5.56 Å². The Morgan fingerprint density at radius 2 is 1.92 bits per heavy atom. The lowest BCUT2D eigenvalue weighted by atomic mass is 10.1. The standard InChI is InChI=1S/C23H29FN4O7P2S/c24-19-12-17(5-6-20(19)27-7-9-34-10-8-27)28-14-18(35-23(28)29)13-25-22(38)26-16-3-1-15(2-4-16)11-21(36(30)31)37(32)33/h1-6,12,18,21,30-31,37H,7-11,13-14H2,(H,32,33)(H2,25,26,38)/t18-,21?/m0/s1. The van der Waals surface area contributed by atoms with Crippen molar-refractivity contribution in [2.75, 3.05) is 54.5 Å². The van der Waals surface area contributed by atoms with Crippen molar-refractivity contribution in [1.82, 2.24) is 5.32 Å². The Morgan fingerprint density at radius 3 is 2.55 bits per heavy atom. The smallest absolute Gasteiger partial charge is 0.414 e. The number of benzene rings is 2. The van der Waals surface area contributed by atoms with Crippen LogP contribution >= 0.6 is 28.6 Å². The number of hydrogen-bond acceptors (Lipinski definition) is 8. The van der Waals surface area contributed by atoms with Crippen LogP contribution in [0.4, 0.5) is 26.2 Å². The first-order valence-corrected chi connectivity index (χ1v) is 15.0. The normalized spacial score (nSPS) is 19.3. The van der Waals surface area contributed by atoms with Gasteiger partial charge in [-0.05, 0) is 54.5 Å². The molecule has 2 fully saturated rings. The molecular formula is C23H29FN4O7P2S. The zero-order valence-electron chi connectivity index (χ0n) is 20.2. The Kier molecular flexibility index (Phi) is 9.89. The molecule has 0 aliphatic carbocycles. The van der Waals surface area contributed by atoms with Crippen LogP contribution in [-0.4, -0.2) is 76.8 Å². The van der Waals surface area contributed by atoms with Crippen LogP contribution in [0, 0.1) is 5.82 Å². The van der Waals surface area contributed by atoms with E-state index in [1.54, 1.807) is 36.4 Å². The zero-order chi connectivity index (χ0) is 27.2. The van der Waals surface area contributed by atoms with Gasteiger partial charge in [-0.3, -0.25) is 9.46 Å². The Hall–Kier alpha value is -2.37. The van der Waals surface area contributed by atoms with E-state index in [0.29, 0.717) is 54.0 Å². The quantitative estimate of drug-likeness (QED) is 0.219. The van der Waals surface area contributed by atoms with Crippen molar-refractivity contribution in [3.8, 4) is 0 Å². The first kappa shape index (κ1) is 28.6. The Morgan fingerprint density at radius 1 is 1.21 bits per heavy atom. The maximum atomic E-state index is 14.8. The van der Waals surface area contributed by atoms with Crippen LogP contribution in [-0.2, 0) is 20.5 Å². The third-order valence-corrected chi connectivity index (χ3v) is 9.28. The Labute approximate surface area is 226 Å². The first-order valence-electron chi connectivity index (χ1n) is 11.8. The number of hydrogen-bond donors (Lipinski definition) is 5. The first-order chi connectivity index (χ1) is 18.2. The maximum Gasteiger partial charge on any atom is 0.414 e. The van der Waals surface area contributed by atoms with Gasteiger partial charge in [0.2, 0.25) is 8.03 Å². The molecule has 2 heterocycles. The van der Waals surface area contributed by atoms with Crippen molar-refractivity contribution in [3.63, 3.8) is 0 Å². The molecule has 0 aromatic heterocycles. The summed E-state index contributed by atoms with van der Waals surface area (Å²) >= 11 is 5.31. The average Bonchev–Trinajstić information content (AvgIpc) is 3.27. The summed E-state index contributed by atoms with van der Waals surface area (Å²) in [6.07, 6.45) is -1.00. The predicted octanol–water partition coefficient (Wildman–Crippen LogP) is 2.61. The molecule has 206 valence electrons. The lowest BCUT2D eigenvalue weighted by molar-refractivity contribution is 0.122. The van der Waals surface area contributed by atoms with E-state index in [-0.39, 0.29) is 19.5 Å². The number of amides is 1. The second-order valence-electron chi connectivity index (χ2n) is 8.76. The minimum absolute atomic E-state index is 0.0688. The van der Waals surface area contributed by atoms with E-state index in [4.69, 9.17) is 21.7 Å². The molecule has 11 nitrogen and oxygen atoms in total. The second kappa shape index (κ2) is 13.1. The van der Waals surface area contributed by atoms with Crippen LogP contribution < -0.4 is 20.4 Å². The van der Waals surface area contributed by atoms with Crippen molar-refractivity contribution in [2.24, 2.45) is 0 Å². The molecule has 0 spiro atoms. The van der Waals surface area contributed by atoms with Crippen molar-refractivity contribution in [2.45, 2.75) is 17.9 Å². The molecule has 2 aromatic carbocycles. The number of ether oxygens (including phenoxy) is 2. The summed E-state index contributed by atoms with van der Waals surface area (Å²) in [5, 5.41) is 5.20. The maximum absolute atomic E-state index is 14.8. The van der Waals surface area contributed by atoms with E-state index < -0.39 is 39.8 Å². The number of carbonyl (C=O) groups excluding carboxylic acids is 1. The van der Waals surface area contributed by atoms with E-state index in [1.807, 2.05) is 4.90 Å². The molecule has 1 amide bonds. The largest absolute Gasteiger partial charge is 0.442 e. The number of carbonyl (C=O) groups is 1. The van der Waals surface area contributed by atoms with Crippen LogP contribution in [0.2, 0.25) is 0 Å². The van der Waals surface area contributed by atoms with E-state index in [2.05, 4.69) is 10.6 Å². The molecule has 2 aromatic rings. The summed E-state index contributed by atoms with van der Waals surface area (Å²) < 4.78 is 36.8. The Bertz CT molecular complexity index is 1170. The van der Waals surface area contributed by atoms with Gasteiger partial charge in [-0.25, -0.2) is 9.18 Å². The molecule has 3 atom stereocenters. The number of nitrogens with one attached hydrogen (secondary N) is 2. The molecule has 15 heteroatoms. The van der Waals surface area contributed by atoms with Crippen molar-refractivity contribution in [1.29, 1.82) is 0 Å². The highest BCUT2D eigenvalue weighted by Gasteiger charge is 2.33. The fourth-order valence-corrected chi connectivity index (χ4v) is 5.94. The van der Waals surface area contributed by atoms with Gasteiger partial charge in [0, 0.05) is 18.8 Å². The van der Waals surface area contributed by atoms with Gasteiger partial charge in [0.25, 0.3) is 0 Å². The molecule has 4 rings (SSSR count). The minimum Gasteiger partial charge on any atom is -0.442 e. The molecular weight excluding hydrogens is 557 g/mol. The lowest BCUT2D eigenvalue weighted by Crippen LogP contribution is -2.37. The van der Waals surface area contributed by atoms with Gasteiger partial charge in [-0.1, -0.05) is 12.1 Å². The lowest BCUT2D eigenvalue weighted by Gasteiger charge is -2.29. The van der Waals surface area contributed by atoms with Gasteiger partial charge < -0.3 is 39.7 Å². The van der Waals surface area contributed by atoms with Gasteiger partial charge in [-0.15, -0.1) is 0 Å². The molecule has 38 heavy (non-hydrogen) atoms. The summed E-state index contributed by atoms with van der Waals surface area (Å²) in [5.41, 5.74) is 2.21. The molecule has 0 bridgehead atoms. The number of halogens is 1. The van der Waals surface area contributed by atoms with Crippen molar-refractivity contribution >= 4 is 56.9 Å². The van der Waals surface area contributed by atoms with Gasteiger partial charge >= 0.3 is 6.09 Å². The molecule has 2 aliphatic heterocycles. The fourth-order valence-electron chi connectivity index (χ4n) is 4.16. The Balaban J connectivity index is 1.26. The molecule has 5 N–H and O–H groups in total. The van der Waals surface area contributed by atoms with Crippen LogP contribution in [0.25, 0.3) is 0 Å². The van der Waals surface area contributed by atoms with E-state index >= 15 is 0 Å². The summed E-state index contributed by atoms with van der Waals surface area (Å²) in [6.45, 7) is 2.77. The molecule has 0 saturated carbocycles. The molecule has 2 aliphatic rings. The number of thiocarbonyl (C=S) groups is 1. The highest BCUT2D eigenvalue weighted by Crippen LogP contribution is 2.46. The summed E-state index contributed by atoms with van der Waals surface area (Å²) in [5.74, 6) is -0.412. The predicted molar refractivity (Wildman–Crippen MR) is 148 cm³/mol. The van der Waals surface area contributed by atoms with Crippen LogP contribution in [0.3, 0.4) is 0 Å². The van der Waals surface area contributed by atoms with Gasteiger partial charge in [0.1, 0.15) is 17.3 Å². The van der Waals surface area contributed by atoms with Gasteiger partial charge in [0.05, 0.1) is 37.7 Å².